The summed E-state index contributed by atoms with van der Waals surface area (Å²) in [4.78, 5) is 0. The quantitative estimate of drug-likeness (QED) is 0.587. The number of rotatable bonds is 2. The van der Waals surface area contributed by atoms with Crippen LogP contribution in [0.2, 0.25) is 0 Å². The predicted octanol–water partition coefficient (Wildman–Crippen LogP) is 3.50. The fourth-order valence-corrected chi connectivity index (χ4v) is 2.56. The van der Waals surface area contributed by atoms with Crippen molar-refractivity contribution >= 4 is 0 Å². The Labute approximate surface area is 109 Å². The van der Waals surface area contributed by atoms with Crippen LogP contribution in [0.4, 0.5) is 0 Å². The molecule has 1 saturated carbocycles. The molecular weight excluding hydrogens is 224 g/mol. The second-order valence-electron chi connectivity index (χ2n) is 5.25. The zero-order chi connectivity index (χ0) is 12.4. The number of fused-ring (bicyclic) bond motifs is 1. The fraction of sp³-hybridized carbons (Fsp3) is 0.500. The lowest BCUT2D eigenvalue weighted by atomic mass is 9.90. The average molecular weight is 244 g/mol. The zero-order valence-corrected chi connectivity index (χ0v) is 10.6. The molecule has 4 rings (SSSR count). The van der Waals surface area contributed by atoms with Crippen LogP contribution in [0.5, 0.6) is 0 Å². The van der Waals surface area contributed by atoms with Gasteiger partial charge in [0.15, 0.2) is 0 Å². The molecule has 0 aromatic heterocycles. The monoisotopic (exact) mass is 244 g/mol. The fourth-order valence-electron chi connectivity index (χ4n) is 2.56. The highest BCUT2D eigenvalue weighted by Crippen LogP contribution is 2.39. The van der Waals surface area contributed by atoms with Crippen LogP contribution in [0.1, 0.15) is 30.9 Å². The van der Waals surface area contributed by atoms with Gasteiger partial charge in [-0.05, 0) is 30.7 Å². The molecule has 4 unspecified atom stereocenters. The standard InChI is InChI=1S/C8H12O.C8H8O/c1-2-6-3-4-7-8(5-6)9-7;1-2-4-7(5-3-1)8-6-9-8/h2,6-8H,1,3-5H2;1-5,8H,6H2. The highest BCUT2D eigenvalue weighted by Gasteiger charge is 2.42. The highest BCUT2D eigenvalue weighted by molar-refractivity contribution is 5.19. The van der Waals surface area contributed by atoms with Crippen LogP contribution in [0.25, 0.3) is 0 Å². The van der Waals surface area contributed by atoms with Gasteiger partial charge in [-0.2, -0.15) is 0 Å². The van der Waals surface area contributed by atoms with Crippen LogP contribution in [-0.4, -0.2) is 18.8 Å². The van der Waals surface area contributed by atoms with E-state index in [4.69, 9.17) is 9.47 Å². The summed E-state index contributed by atoms with van der Waals surface area (Å²) in [5.74, 6) is 0.744. The first-order chi connectivity index (χ1) is 8.86. The van der Waals surface area contributed by atoms with Gasteiger partial charge in [-0.15, -0.1) is 6.58 Å². The molecule has 1 aromatic rings. The summed E-state index contributed by atoms with van der Waals surface area (Å²) in [6.07, 6.45) is 7.52. The van der Waals surface area contributed by atoms with Crippen LogP contribution in [0.3, 0.4) is 0 Å². The van der Waals surface area contributed by atoms with E-state index in [0.717, 1.165) is 12.5 Å². The maximum atomic E-state index is 5.36. The second-order valence-corrected chi connectivity index (χ2v) is 5.25. The molecule has 0 N–H and O–H groups in total. The van der Waals surface area contributed by atoms with E-state index in [0.29, 0.717) is 18.3 Å². The largest absolute Gasteiger partial charge is 0.370 e. The Hall–Kier alpha value is -1.12. The van der Waals surface area contributed by atoms with Crippen molar-refractivity contribution in [3.8, 4) is 0 Å². The molecule has 3 fully saturated rings. The lowest BCUT2D eigenvalue weighted by molar-refractivity contribution is 0.370. The van der Waals surface area contributed by atoms with Gasteiger partial charge in [0.2, 0.25) is 0 Å². The first kappa shape index (κ1) is 11.9. The molecule has 3 aliphatic rings. The van der Waals surface area contributed by atoms with E-state index in [2.05, 4.69) is 24.8 Å². The first-order valence-electron chi connectivity index (χ1n) is 6.81. The lowest BCUT2D eigenvalue weighted by Gasteiger charge is -2.12. The minimum atomic E-state index is 0.409. The van der Waals surface area contributed by atoms with E-state index in [-0.39, 0.29) is 0 Å². The van der Waals surface area contributed by atoms with Crippen molar-refractivity contribution in [2.75, 3.05) is 6.61 Å². The summed E-state index contributed by atoms with van der Waals surface area (Å²) in [6, 6.07) is 10.3. The zero-order valence-electron chi connectivity index (χ0n) is 10.6. The van der Waals surface area contributed by atoms with Crippen molar-refractivity contribution in [3.05, 3.63) is 48.6 Å². The number of epoxide rings is 2. The molecule has 1 aromatic carbocycles. The number of hydrogen-bond acceptors (Lipinski definition) is 2. The molecule has 1 aliphatic carbocycles. The van der Waals surface area contributed by atoms with Gasteiger partial charge in [0.25, 0.3) is 0 Å². The SMILES string of the molecule is C=CC1CCC2OC2C1.c1ccc(C2CO2)cc1. The Morgan fingerprint density at radius 3 is 2.50 bits per heavy atom. The van der Waals surface area contributed by atoms with Crippen molar-refractivity contribution in [1.82, 2.24) is 0 Å². The summed E-state index contributed by atoms with van der Waals surface area (Å²) < 4.78 is 10.5. The third kappa shape index (κ3) is 3.01. The van der Waals surface area contributed by atoms with Crippen LogP contribution in [-0.2, 0) is 9.47 Å². The van der Waals surface area contributed by atoms with E-state index >= 15 is 0 Å². The van der Waals surface area contributed by atoms with Gasteiger partial charge in [-0.3, -0.25) is 0 Å². The molecule has 0 bridgehead atoms. The van der Waals surface area contributed by atoms with Crippen LogP contribution in [0.15, 0.2) is 43.0 Å². The molecule has 4 atom stereocenters. The second kappa shape index (κ2) is 5.25. The normalized spacial score (nSPS) is 35.8. The molecule has 2 saturated heterocycles. The van der Waals surface area contributed by atoms with Crippen LogP contribution in [0, 0.1) is 5.92 Å². The number of ether oxygens (including phenoxy) is 2. The molecule has 2 heterocycles. The van der Waals surface area contributed by atoms with Gasteiger partial charge in [-0.25, -0.2) is 0 Å². The Balaban J connectivity index is 0.000000111. The molecule has 0 radical (unpaired) electrons. The number of benzene rings is 1. The van der Waals surface area contributed by atoms with E-state index in [1.54, 1.807) is 0 Å². The lowest BCUT2D eigenvalue weighted by Crippen LogP contribution is -2.10. The van der Waals surface area contributed by atoms with Gasteiger partial charge in [-0.1, -0.05) is 36.4 Å². The average Bonchev–Trinajstić information content (AvgIpc) is 3.31. The predicted molar refractivity (Wildman–Crippen MR) is 71.3 cm³/mol. The van der Waals surface area contributed by atoms with E-state index < -0.39 is 0 Å². The van der Waals surface area contributed by atoms with Crippen molar-refractivity contribution in [2.24, 2.45) is 5.92 Å². The molecule has 2 nitrogen and oxygen atoms in total. The van der Waals surface area contributed by atoms with Crippen molar-refractivity contribution in [3.63, 3.8) is 0 Å². The van der Waals surface area contributed by atoms with Crippen molar-refractivity contribution in [1.29, 1.82) is 0 Å². The molecular formula is C16H20O2. The minimum Gasteiger partial charge on any atom is -0.370 e. The third-order valence-corrected chi connectivity index (χ3v) is 3.88. The smallest absolute Gasteiger partial charge is 0.106 e. The van der Waals surface area contributed by atoms with Gasteiger partial charge in [0, 0.05) is 0 Å². The van der Waals surface area contributed by atoms with Crippen molar-refractivity contribution in [2.45, 2.75) is 37.6 Å². The molecule has 2 aliphatic heterocycles. The van der Waals surface area contributed by atoms with Gasteiger partial charge >= 0.3 is 0 Å². The summed E-state index contributed by atoms with van der Waals surface area (Å²) >= 11 is 0. The van der Waals surface area contributed by atoms with Gasteiger partial charge in [0.1, 0.15) is 6.10 Å². The van der Waals surface area contributed by atoms with Gasteiger partial charge in [0.05, 0.1) is 18.8 Å². The molecule has 0 spiro atoms. The summed E-state index contributed by atoms with van der Waals surface area (Å²) in [7, 11) is 0. The van der Waals surface area contributed by atoms with Crippen LogP contribution >= 0.6 is 0 Å². The maximum absolute atomic E-state index is 5.36. The number of hydrogen-bond donors (Lipinski definition) is 0. The Morgan fingerprint density at radius 1 is 1.11 bits per heavy atom. The molecule has 18 heavy (non-hydrogen) atoms. The molecule has 96 valence electrons. The maximum Gasteiger partial charge on any atom is 0.106 e. The minimum absolute atomic E-state index is 0.409. The Bertz CT molecular complexity index is 397. The van der Waals surface area contributed by atoms with Crippen molar-refractivity contribution < 1.29 is 9.47 Å². The molecule has 0 amide bonds. The summed E-state index contributed by atoms with van der Waals surface area (Å²) in [6.45, 7) is 4.69. The first-order valence-corrected chi connectivity index (χ1v) is 6.81. The molecule has 2 heteroatoms. The third-order valence-electron chi connectivity index (χ3n) is 3.88. The Kier molecular flexibility index (Phi) is 3.48. The van der Waals surface area contributed by atoms with E-state index in [9.17, 15) is 0 Å². The van der Waals surface area contributed by atoms with Crippen LogP contribution < -0.4 is 0 Å². The van der Waals surface area contributed by atoms with Gasteiger partial charge < -0.3 is 9.47 Å². The highest BCUT2D eigenvalue weighted by atomic mass is 16.6. The van der Waals surface area contributed by atoms with E-state index in [1.807, 2.05) is 18.2 Å². The topological polar surface area (TPSA) is 25.1 Å². The summed E-state index contributed by atoms with van der Waals surface area (Å²) in [5, 5.41) is 0. The summed E-state index contributed by atoms with van der Waals surface area (Å²) in [5.41, 5.74) is 1.30. The number of allylic oxidation sites excluding steroid dienone is 1. The van der Waals surface area contributed by atoms with E-state index in [1.165, 1.54) is 24.8 Å². The Morgan fingerprint density at radius 2 is 1.89 bits per heavy atom.